The van der Waals surface area contributed by atoms with E-state index in [9.17, 15) is 9.90 Å². The van der Waals surface area contributed by atoms with Gasteiger partial charge in [0.2, 0.25) is 11.8 Å². The number of nitrogens with zero attached hydrogens (tertiary/aromatic N) is 3. The summed E-state index contributed by atoms with van der Waals surface area (Å²) in [6.07, 6.45) is 3.65. The fourth-order valence-electron chi connectivity index (χ4n) is 4.41. The number of hydrogen-bond acceptors (Lipinski definition) is 5. The van der Waals surface area contributed by atoms with E-state index < -0.39 is 5.60 Å². The van der Waals surface area contributed by atoms with Crippen molar-refractivity contribution < 1.29 is 14.6 Å². The van der Waals surface area contributed by atoms with Crippen LogP contribution in [0.3, 0.4) is 0 Å². The summed E-state index contributed by atoms with van der Waals surface area (Å²) in [5.74, 6) is 1.38. The summed E-state index contributed by atoms with van der Waals surface area (Å²) in [5, 5.41) is 11.2. The van der Waals surface area contributed by atoms with Crippen molar-refractivity contribution in [1.82, 2.24) is 14.9 Å². The zero-order chi connectivity index (χ0) is 23.3. The summed E-state index contributed by atoms with van der Waals surface area (Å²) in [7, 11) is 1.58. The van der Waals surface area contributed by atoms with Gasteiger partial charge in [-0.05, 0) is 24.3 Å². The number of piperidine rings is 1. The van der Waals surface area contributed by atoms with Crippen LogP contribution < -0.4 is 4.74 Å². The molecule has 1 atom stereocenters. The molecule has 1 N–H and O–H groups in total. The monoisotopic (exact) mass is 445 g/mol. The third kappa shape index (κ3) is 5.57. The largest absolute Gasteiger partial charge is 0.481 e. The maximum Gasteiger partial charge on any atom is 0.223 e. The Morgan fingerprint density at radius 1 is 1.09 bits per heavy atom. The van der Waals surface area contributed by atoms with Crippen molar-refractivity contribution in [2.24, 2.45) is 0 Å². The third-order valence-corrected chi connectivity index (χ3v) is 6.47. The summed E-state index contributed by atoms with van der Waals surface area (Å²) in [4.78, 5) is 23.7. The van der Waals surface area contributed by atoms with Crippen LogP contribution in [0.4, 0.5) is 0 Å². The summed E-state index contributed by atoms with van der Waals surface area (Å²) in [6, 6.07) is 19.8. The first-order valence-electron chi connectivity index (χ1n) is 11.5. The summed E-state index contributed by atoms with van der Waals surface area (Å²) < 4.78 is 5.51. The first kappa shape index (κ1) is 22.9. The number of hydrogen-bond donors (Lipinski definition) is 1. The molecule has 2 aromatic carbocycles. The summed E-state index contributed by atoms with van der Waals surface area (Å²) in [5.41, 5.74) is 1.95. The SMILES string of the molecule is COc1nc(-c2ccccc2)ncc1CC1(O)CCN(C(=O)C[C@@H](C)c2ccccc2)CC1. The molecule has 0 unspecified atom stereocenters. The zero-order valence-corrected chi connectivity index (χ0v) is 19.3. The fraction of sp³-hybridized carbons (Fsp3) is 0.370. The van der Waals surface area contributed by atoms with Crippen molar-refractivity contribution in [3.05, 3.63) is 78.0 Å². The lowest BCUT2D eigenvalue weighted by Crippen LogP contribution is -2.48. The highest BCUT2D eigenvalue weighted by Gasteiger charge is 2.35. The second kappa shape index (κ2) is 10.1. The zero-order valence-electron chi connectivity index (χ0n) is 19.3. The number of amides is 1. The Bertz CT molecular complexity index is 1060. The number of carbonyl (C=O) groups is 1. The second-order valence-corrected chi connectivity index (χ2v) is 8.89. The van der Waals surface area contributed by atoms with Gasteiger partial charge >= 0.3 is 0 Å². The van der Waals surface area contributed by atoms with E-state index in [0.717, 1.165) is 11.1 Å². The number of benzene rings is 2. The second-order valence-electron chi connectivity index (χ2n) is 8.89. The van der Waals surface area contributed by atoms with E-state index in [1.165, 1.54) is 5.56 Å². The van der Waals surface area contributed by atoms with Crippen LogP contribution in [0.15, 0.2) is 66.9 Å². The number of likely N-dealkylation sites (tertiary alicyclic amines) is 1. The number of methoxy groups -OCH3 is 1. The van der Waals surface area contributed by atoms with Crippen molar-refractivity contribution in [3.63, 3.8) is 0 Å². The lowest BCUT2D eigenvalue weighted by molar-refractivity contribution is -0.135. The van der Waals surface area contributed by atoms with Gasteiger partial charge in [-0.25, -0.2) is 4.98 Å². The summed E-state index contributed by atoms with van der Waals surface area (Å²) >= 11 is 0. The van der Waals surface area contributed by atoms with Gasteiger partial charge in [-0.15, -0.1) is 0 Å². The number of carbonyl (C=O) groups excluding carboxylic acids is 1. The van der Waals surface area contributed by atoms with Crippen molar-refractivity contribution in [2.75, 3.05) is 20.2 Å². The molecule has 6 nitrogen and oxygen atoms in total. The average Bonchev–Trinajstić information content (AvgIpc) is 2.85. The van der Waals surface area contributed by atoms with Gasteiger partial charge in [-0.3, -0.25) is 4.79 Å². The predicted octanol–water partition coefficient (Wildman–Crippen LogP) is 4.24. The van der Waals surface area contributed by atoms with Gasteiger partial charge in [0.1, 0.15) is 0 Å². The Morgan fingerprint density at radius 2 is 1.73 bits per heavy atom. The average molecular weight is 446 g/mol. The van der Waals surface area contributed by atoms with E-state index in [4.69, 9.17) is 4.74 Å². The van der Waals surface area contributed by atoms with E-state index in [0.29, 0.717) is 50.5 Å². The van der Waals surface area contributed by atoms with Crippen LogP contribution in [0.25, 0.3) is 11.4 Å². The molecule has 33 heavy (non-hydrogen) atoms. The number of ether oxygens (including phenoxy) is 1. The highest BCUT2D eigenvalue weighted by molar-refractivity contribution is 5.77. The highest BCUT2D eigenvalue weighted by atomic mass is 16.5. The Labute approximate surface area is 195 Å². The number of aromatic nitrogens is 2. The molecule has 6 heteroatoms. The Morgan fingerprint density at radius 3 is 2.36 bits per heavy atom. The minimum Gasteiger partial charge on any atom is -0.481 e. The smallest absolute Gasteiger partial charge is 0.223 e. The molecule has 1 amide bonds. The molecule has 1 aliphatic rings. The lowest BCUT2D eigenvalue weighted by atomic mass is 9.85. The first-order chi connectivity index (χ1) is 16.0. The first-order valence-corrected chi connectivity index (χ1v) is 11.5. The summed E-state index contributed by atoms with van der Waals surface area (Å²) in [6.45, 7) is 3.17. The van der Waals surface area contributed by atoms with Gasteiger partial charge in [0, 0.05) is 43.3 Å². The molecular formula is C27H31N3O3. The van der Waals surface area contributed by atoms with Crippen LogP contribution >= 0.6 is 0 Å². The van der Waals surface area contributed by atoms with Gasteiger partial charge in [0.15, 0.2) is 5.82 Å². The normalized spacial score (nSPS) is 16.3. The van der Waals surface area contributed by atoms with Gasteiger partial charge in [0.05, 0.1) is 12.7 Å². The standard InChI is InChI=1S/C27H31N3O3/c1-20(21-9-5-3-6-10-21)17-24(31)30-15-13-27(32,14-16-30)18-23-19-28-25(29-26(23)33-2)22-11-7-4-8-12-22/h3-12,19-20,32H,13-18H2,1-2H3/t20-/m1/s1. The molecule has 0 saturated carbocycles. The molecule has 3 aromatic rings. The molecule has 2 heterocycles. The molecule has 0 bridgehead atoms. The molecule has 1 aromatic heterocycles. The van der Waals surface area contributed by atoms with Gasteiger partial charge in [-0.2, -0.15) is 4.98 Å². The maximum atomic E-state index is 12.8. The molecule has 4 rings (SSSR count). The Kier molecular flexibility index (Phi) is 7.04. The molecule has 1 saturated heterocycles. The highest BCUT2D eigenvalue weighted by Crippen LogP contribution is 2.31. The number of aliphatic hydroxyl groups is 1. The minimum absolute atomic E-state index is 0.140. The number of rotatable bonds is 7. The van der Waals surface area contributed by atoms with E-state index in [1.54, 1.807) is 13.3 Å². The van der Waals surface area contributed by atoms with Gasteiger partial charge in [0.25, 0.3) is 0 Å². The molecule has 1 fully saturated rings. The third-order valence-electron chi connectivity index (χ3n) is 6.47. The van der Waals surface area contributed by atoms with Gasteiger partial charge in [-0.1, -0.05) is 67.6 Å². The van der Waals surface area contributed by atoms with Crippen LogP contribution in [0.1, 0.15) is 43.2 Å². The van der Waals surface area contributed by atoms with Crippen LogP contribution in [0, 0.1) is 0 Å². The van der Waals surface area contributed by atoms with E-state index in [-0.39, 0.29) is 11.8 Å². The Hall–Kier alpha value is -3.25. The molecular weight excluding hydrogens is 414 g/mol. The molecule has 0 radical (unpaired) electrons. The van der Waals surface area contributed by atoms with Crippen molar-refractivity contribution >= 4 is 5.91 Å². The quantitative estimate of drug-likeness (QED) is 0.589. The molecule has 0 spiro atoms. The minimum atomic E-state index is -0.910. The lowest BCUT2D eigenvalue weighted by Gasteiger charge is -2.38. The van der Waals surface area contributed by atoms with Crippen LogP contribution in [-0.4, -0.2) is 51.7 Å². The molecule has 1 aliphatic heterocycles. The molecule has 0 aliphatic carbocycles. The van der Waals surface area contributed by atoms with Crippen molar-refractivity contribution in [1.29, 1.82) is 0 Å². The maximum absolute atomic E-state index is 12.8. The Balaban J connectivity index is 1.37. The fourth-order valence-corrected chi connectivity index (χ4v) is 4.41. The van der Waals surface area contributed by atoms with Crippen LogP contribution in [0.2, 0.25) is 0 Å². The topological polar surface area (TPSA) is 75.6 Å². The van der Waals surface area contributed by atoms with Crippen molar-refractivity contribution in [2.45, 2.75) is 44.1 Å². The predicted molar refractivity (Wildman–Crippen MR) is 128 cm³/mol. The van der Waals surface area contributed by atoms with Crippen molar-refractivity contribution in [3.8, 4) is 17.3 Å². The van der Waals surface area contributed by atoms with E-state index in [1.807, 2.05) is 53.4 Å². The van der Waals surface area contributed by atoms with Gasteiger partial charge < -0.3 is 14.7 Å². The van der Waals surface area contributed by atoms with E-state index in [2.05, 4.69) is 29.0 Å². The van der Waals surface area contributed by atoms with E-state index >= 15 is 0 Å². The van der Waals surface area contributed by atoms with Crippen LogP contribution in [0.5, 0.6) is 5.88 Å². The molecule has 172 valence electrons. The van der Waals surface area contributed by atoms with Crippen LogP contribution in [-0.2, 0) is 11.2 Å².